The quantitative estimate of drug-likeness (QED) is 0.401. The lowest BCUT2D eigenvalue weighted by molar-refractivity contribution is -0.129. The molecule has 33 heavy (non-hydrogen) atoms. The molecule has 5 rings (SSSR count). The van der Waals surface area contributed by atoms with E-state index in [1.807, 2.05) is 29.8 Å². The Kier molecular flexibility index (Phi) is 5.65. The topological polar surface area (TPSA) is 112 Å². The summed E-state index contributed by atoms with van der Waals surface area (Å²) in [6, 6.07) is 10.8. The number of thiazole rings is 1. The minimum absolute atomic E-state index is 0.111. The zero-order valence-corrected chi connectivity index (χ0v) is 19.3. The molecule has 3 heterocycles. The van der Waals surface area contributed by atoms with Crippen LogP contribution < -0.4 is 10.6 Å². The first-order chi connectivity index (χ1) is 15.9. The summed E-state index contributed by atoms with van der Waals surface area (Å²) in [6.45, 7) is 0.708. The number of amides is 2. The second-order valence-electron chi connectivity index (χ2n) is 7.92. The van der Waals surface area contributed by atoms with Gasteiger partial charge in [-0.3, -0.25) is 9.59 Å². The monoisotopic (exact) mass is 484 g/mol. The number of nitrogens with zero attached hydrogens (tertiary/aromatic N) is 4. The molecule has 1 saturated heterocycles. The smallest absolute Gasteiger partial charge is 0.251 e. The van der Waals surface area contributed by atoms with Gasteiger partial charge >= 0.3 is 0 Å². The lowest BCUT2D eigenvalue weighted by Gasteiger charge is -2.15. The Morgan fingerprint density at radius 3 is 2.85 bits per heavy atom. The molecule has 170 valence electrons. The van der Waals surface area contributed by atoms with Gasteiger partial charge < -0.3 is 25.2 Å². The molecule has 9 nitrogen and oxygen atoms in total. The largest absolute Gasteiger partial charge is 0.391 e. The highest BCUT2D eigenvalue weighted by atomic mass is 35.5. The van der Waals surface area contributed by atoms with Crippen molar-refractivity contribution in [1.29, 1.82) is 0 Å². The third-order valence-corrected chi connectivity index (χ3v) is 6.80. The molecule has 2 amide bonds. The van der Waals surface area contributed by atoms with Crippen LogP contribution in [0.5, 0.6) is 0 Å². The van der Waals surface area contributed by atoms with E-state index in [1.165, 1.54) is 11.3 Å². The van der Waals surface area contributed by atoms with Gasteiger partial charge in [0.15, 0.2) is 5.13 Å². The molecule has 1 atom stereocenters. The van der Waals surface area contributed by atoms with Crippen LogP contribution in [0.4, 0.5) is 11.1 Å². The zero-order valence-electron chi connectivity index (χ0n) is 17.7. The van der Waals surface area contributed by atoms with Gasteiger partial charge in [-0.05, 0) is 42.8 Å². The van der Waals surface area contributed by atoms with E-state index in [4.69, 9.17) is 11.6 Å². The number of aromatic nitrogens is 3. The fourth-order valence-electron chi connectivity index (χ4n) is 3.84. The number of imidazole rings is 1. The number of anilines is 2. The molecule has 0 bridgehead atoms. The Balaban J connectivity index is 1.30. The molecular weight excluding hydrogens is 464 g/mol. The standard InChI is InChI=1S/C22H21ClN6O3S/c1-28-17-5-2-12(20(32)24-10-19(31)29-7-6-14(30)11-29)8-16(17)25-21(28)27-22-26-15-4-3-13(23)9-18(15)33-22/h2-5,8-9,14,30H,6-7,10-11H2,1H3,(H,24,32)(H,25,26,27)/t14-/m0/s1. The van der Waals surface area contributed by atoms with Gasteiger partial charge in [-0.2, -0.15) is 0 Å². The van der Waals surface area contributed by atoms with Crippen molar-refractivity contribution in [3.05, 3.63) is 47.0 Å². The summed E-state index contributed by atoms with van der Waals surface area (Å²) >= 11 is 7.54. The molecule has 1 aliphatic heterocycles. The van der Waals surface area contributed by atoms with Crippen LogP contribution in [0, 0.1) is 0 Å². The average molecular weight is 485 g/mol. The van der Waals surface area contributed by atoms with E-state index in [0.717, 1.165) is 15.7 Å². The molecule has 0 spiro atoms. The Bertz CT molecular complexity index is 1380. The Morgan fingerprint density at radius 1 is 1.21 bits per heavy atom. The lowest BCUT2D eigenvalue weighted by atomic mass is 10.2. The van der Waals surface area contributed by atoms with Gasteiger partial charge in [0.25, 0.3) is 5.91 Å². The van der Waals surface area contributed by atoms with Gasteiger partial charge in [-0.15, -0.1) is 0 Å². The fraction of sp³-hybridized carbons (Fsp3) is 0.273. The number of β-amino-alcohol motifs (C(OH)–C–C–N with tert-alkyl or cyclic N) is 1. The number of carbonyl (C=O) groups is 2. The molecule has 0 radical (unpaired) electrons. The highest BCUT2D eigenvalue weighted by Crippen LogP contribution is 2.31. The number of benzene rings is 2. The molecule has 0 saturated carbocycles. The first kappa shape index (κ1) is 21.6. The van der Waals surface area contributed by atoms with Crippen LogP contribution in [0.3, 0.4) is 0 Å². The number of aliphatic hydroxyl groups is 1. The van der Waals surface area contributed by atoms with Gasteiger partial charge in [0.2, 0.25) is 11.9 Å². The molecule has 3 N–H and O–H groups in total. The van der Waals surface area contributed by atoms with Crippen LogP contribution in [0.1, 0.15) is 16.8 Å². The Morgan fingerprint density at radius 2 is 2.06 bits per heavy atom. The van der Waals surface area contributed by atoms with Crippen molar-refractivity contribution in [1.82, 2.24) is 24.8 Å². The third kappa shape index (κ3) is 4.37. The predicted octanol–water partition coefficient (Wildman–Crippen LogP) is 2.90. The number of hydrogen-bond donors (Lipinski definition) is 3. The Labute approximate surface area is 198 Å². The van der Waals surface area contributed by atoms with E-state index in [1.54, 1.807) is 23.1 Å². The number of carbonyl (C=O) groups excluding carboxylic acids is 2. The number of nitrogens with one attached hydrogen (secondary N) is 2. The maximum atomic E-state index is 12.6. The zero-order chi connectivity index (χ0) is 23.1. The number of aryl methyl sites for hydroxylation is 1. The number of fused-ring (bicyclic) bond motifs is 2. The van der Waals surface area contributed by atoms with E-state index in [9.17, 15) is 14.7 Å². The number of likely N-dealkylation sites (tertiary alicyclic amines) is 1. The van der Waals surface area contributed by atoms with Gasteiger partial charge in [0, 0.05) is 30.7 Å². The minimum atomic E-state index is -0.486. The second-order valence-corrected chi connectivity index (χ2v) is 9.39. The van der Waals surface area contributed by atoms with Crippen molar-refractivity contribution < 1.29 is 14.7 Å². The summed E-state index contributed by atoms with van der Waals surface area (Å²) in [4.78, 5) is 35.5. The average Bonchev–Trinajstić information content (AvgIpc) is 3.48. The van der Waals surface area contributed by atoms with Gasteiger partial charge in [-0.25, -0.2) is 9.97 Å². The maximum Gasteiger partial charge on any atom is 0.251 e. The Hall–Kier alpha value is -3.21. The third-order valence-electron chi connectivity index (χ3n) is 5.63. The summed E-state index contributed by atoms with van der Waals surface area (Å²) in [5, 5.41) is 16.8. The first-order valence-corrected chi connectivity index (χ1v) is 11.6. The van der Waals surface area contributed by atoms with Crippen molar-refractivity contribution in [2.45, 2.75) is 12.5 Å². The van der Waals surface area contributed by atoms with Crippen molar-refractivity contribution in [3.8, 4) is 0 Å². The summed E-state index contributed by atoms with van der Waals surface area (Å²) in [6.07, 6.45) is 0.0801. The van der Waals surface area contributed by atoms with Crippen molar-refractivity contribution in [2.75, 3.05) is 25.0 Å². The van der Waals surface area contributed by atoms with E-state index in [0.29, 0.717) is 46.7 Å². The van der Waals surface area contributed by atoms with Crippen molar-refractivity contribution in [2.24, 2.45) is 7.05 Å². The first-order valence-electron chi connectivity index (χ1n) is 10.4. The SMILES string of the molecule is Cn1c(Nc2nc3ccc(Cl)cc3s2)nc2cc(C(=O)NCC(=O)N3CC[C@H](O)C3)ccc21. The van der Waals surface area contributed by atoms with E-state index in [-0.39, 0.29) is 18.4 Å². The van der Waals surface area contributed by atoms with Gasteiger partial charge in [-0.1, -0.05) is 22.9 Å². The van der Waals surface area contributed by atoms with Crippen LogP contribution in [0.15, 0.2) is 36.4 Å². The molecule has 0 aliphatic carbocycles. The maximum absolute atomic E-state index is 12.6. The van der Waals surface area contributed by atoms with Crippen molar-refractivity contribution >= 4 is 67.1 Å². The molecule has 4 aromatic rings. The van der Waals surface area contributed by atoms with Crippen LogP contribution in [-0.4, -0.2) is 62.1 Å². The highest BCUT2D eigenvalue weighted by Gasteiger charge is 2.24. The fourth-order valence-corrected chi connectivity index (χ4v) is 4.97. The van der Waals surface area contributed by atoms with Gasteiger partial charge in [0.1, 0.15) is 0 Å². The molecular formula is C22H21ClN6O3S. The number of aliphatic hydroxyl groups excluding tert-OH is 1. The van der Waals surface area contributed by atoms with Gasteiger partial charge in [0.05, 0.1) is 33.9 Å². The summed E-state index contributed by atoms with van der Waals surface area (Å²) < 4.78 is 2.86. The normalized spacial score (nSPS) is 16.0. The van der Waals surface area contributed by atoms with Crippen LogP contribution in [0.2, 0.25) is 5.02 Å². The molecule has 1 fully saturated rings. The summed E-state index contributed by atoms with van der Waals surface area (Å²) in [5.41, 5.74) is 2.75. The van der Waals surface area contributed by atoms with E-state index in [2.05, 4.69) is 20.6 Å². The minimum Gasteiger partial charge on any atom is -0.391 e. The number of hydrogen-bond acceptors (Lipinski definition) is 7. The highest BCUT2D eigenvalue weighted by molar-refractivity contribution is 7.22. The molecule has 0 unspecified atom stereocenters. The second kappa shape index (κ2) is 8.62. The van der Waals surface area contributed by atoms with E-state index >= 15 is 0 Å². The molecule has 2 aromatic carbocycles. The molecule has 2 aromatic heterocycles. The molecule has 11 heteroatoms. The number of halogens is 1. The van der Waals surface area contributed by atoms with Crippen LogP contribution >= 0.6 is 22.9 Å². The molecule has 1 aliphatic rings. The van der Waals surface area contributed by atoms with E-state index < -0.39 is 6.10 Å². The predicted molar refractivity (Wildman–Crippen MR) is 128 cm³/mol. The van der Waals surface area contributed by atoms with Crippen LogP contribution in [-0.2, 0) is 11.8 Å². The summed E-state index contributed by atoms with van der Waals surface area (Å²) in [5.74, 6) is 0.0334. The lowest BCUT2D eigenvalue weighted by Crippen LogP contribution is -2.39. The van der Waals surface area contributed by atoms with Crippen molar-refractivity contribution in [3.63, 3.8) is 0 Å². The summed E-state index contributed by atoms with van der Waals surface area (Å²) in [7, 11) is 1.88. The van der Waals surface area contributed by atoms with Crippen LogP contribution in [0.25, 0.3) is 21.3 Å². The number of rotatable bonds is 5.